The zero-order valence-electron chi connectivity index (χ0n) is 14.5. The van der Waals surface area contributed by atoms with Gasteiger partial charge in [0.05, 0.1) is 12.1 Å². The van der Waals surface area contributed by atoms with Crippen LogP contribution in [-0.2, 0) is 4.79 Å². The molecule has 21 heavy (non-hydrogen) atoms. The van der Waals surface area contributed by atoms with Crippen LogP contribution in [0.4, 0.5) is 0 Å². The Balaban J connectivity index is 0.000000384. The fourth-order valence-corrected chi connectivity index (χ4v) is 1.93. The van der Waals surface area contributed by atoms with E-state index in [0.717, 1.165) is 19.3 Å². The van der Waals surface area contributed by atoms with Crippen LogP contribution < -0.4 is 9.67 Å². The molecule has 0 amide bonds. The summed E-state index contributed by atoms with van der Waals surface area (Å²) in [4.78, 5) is 10.3. The smallest absolute Gasteiger partial charge is 0.244 e. The largest absolute Gasteiger partial charge is 0.550 e. The van der Waals surface area contributed by atoms with Gasteiger partial charge in [-0.3, -0.25) is 0 Å². The lowest BCUT2D eigenvalue weighted by Crippen LogP contribution is -2.33. The molecule has 1 heterocycles. The van der Waals surface area contributed by atoms with Crippen LogP contribution in [0.25, 0.3) is 0 Å². The topological polar surface area (TPSA) is 48.9 Å². The Kier molecular flexibility index (Phi) is 9.76. The van der Waals surface area contributed by atoms with Gasteiger partial charge >= 0.3 is 0 Å². The Morgan fingerprint density at radius 1 is 1.24 bits per heavy atom. The molecule has 0 N–H and O–H groups in total. The van der Waals surface area contributed by atoms with Crippen molar-refractivity contribution in [1.82, 2.24) is 4.57 Å². The summed E-state index contributed by atoms with van der Waals surface area (Å²) >= 11 is 0. The van der Waals surface area contributed by atoms with E-state index in [1.165, 1.54) is 0 Å². The third-order valence-electron chi connectivity index (χ3n) is 3.60. The number of rotatable bonds is 7. The molecular weight excluding hydrogens is 264 g/mol. The number of aromatic nitrogens is 2. The lowest BCUT2D eigenvalue weighted by atomic mass is 10.00. The van der Waals surface area contributed by atoms with Crippen molar-refractivity contribution in [3.8, 4) is 0 Å². The average Bonchev–Trinajstić information content (AvgIpc) is 2.90. The molecule has 4 nitrogen and oxygen atoms in total. The van der Waals surface area contributed by atoms with E-state index in [4.69, 9.17) is 0 Å². The summed E-state index contributed by atoms with van der Waals surface area (Å²) in [6.45, 7) is 12.7. The molecule has 1 aromatic rings. The van der Waals surface area contributed by atoms with Gasteiger partial charge in [0.15, 0.2) is 0 Å². The molecule has 0 aromatic carbocycles. The first-order chi connectivity index (χ1) is 9.83. The summed E-state index contributed by atoms with van der Waals surface area (Å²) in [7, 11) is 0. The predicted octanol–water partition coefficient (Wildman–Crippen LogP) is 2.89. The lowest BCUT2D eigenvalue weighted by Gasteiger charge is -2.14. The molecule has 4 heteroatoms. The Morgan fingerprint density at radius 2 is 1.86 bits per heavy atom. The van der Waals surface area contributed by atoms with E-state index >= 15 is 0 Å². The third kappa shape index (κ3) is 7.88. The number of unbranched alkanes of at least 4 members (excludes halogenated alkanes) is 1. The third-order valence-corrected chi connectivity index (χ3v) is 3.60. The summed E-state index contributed by atoms with van der Waals surface area (Å²) in [5, 5.41) is 10.3. The van der Waals surface area contributed by atoms with Gasteiger partial charge in [-0.2, -0.15) is 0 Å². The molecule has 0 radical (unpaired) electrons. The molecule has 1 aromatic heterocycles. The number of carboxylic acid groups (broad SMARTS) is 1. The summed E-state index contributed by atoms with van der Waals surface area (Å²) in [5.41, 5.74) is 0. The van der Waals surface area contributed by atoms with Crippen molar-refractivity contribution in [3.05, 3.63) is 18.7 Å². The Bertz CT molecular complexity index is 375. The van der Waals surface area contributed by atoms with Crippen LogP contribution in [0.2, 0.25) is 0 Å². The van der Waals surface area contributed by atoms with Crippen molar-refractivity contribution in [2.45, 2.75) is 79.3 Å². The number of aliphatic carboxylic acids is 1. The molecule has 1 unspecified atom stereocenters. The fraction of sp³-hybridized carbons (Fsp3) is 0.765. The second-order valence-electron chi connectivity index (χ2n) is 6.06. The first kappa shape index (κ1) is 19.7. The van der Waals surface area contributed by atoms with Gasteiger partial charge in [-0.05, 0) is 46.5 Å². The predicted molar refractivity (Wildman–Crippen MR) is 83.7 cm³/mol. The van der Waals surface area contributed by atoms with Gasteiger partial charge in [-0.25, -0.2) is 9.13 Å². The highest BCUT2D eigenvalue weighted by atomic mass is 16.4. The fourth-order valence-electron chi connectivity index (χ4n) is 1.93. The van der Waals surface area contributed by atoms with E-state index in [1.54, 1.807) is 0 Å². The molecule has 0 fully saturated rings. The van der Waals surface area contributed by atoms with Crippen molar-refractivity contribution < 1.29 is 14.5 Å². The summed E-state index contributed by atoms with van der Waals surface area (Å²) in [6.07, 6.45) is 9.90. The number of carboxylic acids is 1. The van der Waals surface area contributed by atoms with E-state index in [0.29, 0.717) is 18.5 Å². The minimum Gasteiger partial charge on any atom is -0.550 e. The van der Waals surface area contributed by atoms with Crippen LogP contribution >= 0.6 is 0 Å². The molecule has 0 saturated carbocycles. The molecule has 0 aliphatic rings. The van der Waals surface area contributed by atoms with Crippen LogP contribution in [0.15, 0.2) is 18.7 Å². The maximum Gasteiger partial charge on any atom is 0.244 e. The van der Waals surface area contributed by atoms with Crippen molar-refractivity contribution in [3.63, 3.8) is 0 Å². The Hall–Kier alpha value is -1.32. The zero-order valence-corrected chi connectivity index (χ0v) is 14.5. The van der Waals surface area contributed by atoms with Crippen LogP contribution in [0.1, 0.15) is 79.3 Å². The number of imidazole rings is 1. The average molecular weight is 296 g/mol. The molecule has 1 atom stereocenters. The minimum absolute atomic E-state index is 0.222. The van der Waals surface area contributed by atoms with Gasteiger partial charge < -0.3 is 9.90 Å². The van der Waals surface area contributed by atoms with Crippen molar-refractivity contribution >= 4 is 5.97 Å². The van der Waals surface area contributed by atoms with E-state index in [1.807, 2.05) is 6.92 Å². The first-order valence-electron chi connectivity index (χ1n) is 8.12. The van der Waals surface area contributed by atoms with E-state index in [2.05, 4.69) is 62.5 Å². The number of nitrogens with zero attached hydrogens (tertiary/aromatic N) is 2. The molecule has 0 aliphatic heterocycles. The Morgan fingerprint density at radius 3 is 2.14 bits per heavy atom. The maximum absolute atomic E-state index is 10.3. The van der Waals surface area contributed by atoms with Crippen molar-refractivity contribution in [2.75, 3.05) is 0 Å². The quantitative estimate of drug-likeness (QED) is 0.726. The highest BCUT2D eigenvalue weighted by Gasteiger charge is 2.08. The molecular formula is C17H32N2O2. The number of hydrogen-bond acceptors (Lipinski definition) is 2. The Labute approximate surface area is 129 Å². The summed E-state index contributed by atoms with van der Waals surface area (Å²) < 4.78 is 4.42. The van der Waals surface area contributed by atoms with Crippen LogP contribution in [0, 0.1) is 5.92 Å². The van der Waals surface area contributed by atoms with Crippen LogP contribution in [0.5, 0.6) is 0 Å². The van der Waals surface area contributed by atoms with Crippen molar-refractivity contribution in [2.24, 2.45) is 5.92 Å². The van der Waals surface area contributed by atoms with E-state index in [9.17, 15) is 9.90 Å². The first-order valence-corrected chi connectivity index (χ1v) is 8.12. The summed E-state index contributed by atoms with van der Waals surface area (Å²) in [5.74, 6) is -1.11. The second-order valence-corrected chi connectivity index (χ2v) is 6.06. The highest BCUT2D eigenvalue weighted by Crippen LogP contribution is 2.10. The molecule has 0 bridgehead atoms. The van der Waals surface area contributed by atoms with Crippen molar-refractivity contribution in [1.29, 1.82) is 0 Å². The van der Waals surface area contributed by atoms with Gasteiger partial charge in [0.1, 0.15) is 12.4 Å². The standard InChI is InChI=1S/C9H17N2.C8H16O2/c1-8(2)10-5-6-11(7-10)9(3)4;1-3-5-6-7(4-2)8(9)10/h5-9H,1-4H3;7H,3-6H2,1-2H3,(H,9,10)/q+1;/p-1. The molecule has 0 saturated heterocycles. The molecule has 0 aliphatic carbocycles. The van der Waals surface area contributed by atoms with Gasteiger partial charge in [0.2, 0.25) is 6.33 Å². The van der Waals surface area contributed by atoms with Crippen LogP contribution in [0.3, 0.4) is 0 Å². The lowest BCUT2D eigenvalue weighted by molar-refractivity contribution is -0.715. The van der Waals surface area contributed by atoms with Gasteiger partial charge in [-0.15, -0.1) is 0 Å². The van der Waals surface area contributed by atoms with Crippen LogP contribution in [-0.4, -0.2) is 10.5 Å². The normalized spacial score (nSPS) is 12.2. The SMILES string of the molecule is CC(C)n1cc[n+](C(C)C)c1.CCCCC(CC)C(=O)[O-]. The summed E-state index contributed by atoms with van der Waals surface area (Å²) in [6, 6.07) is 1.13. The second kappa shape index (κ2) is 10.4. The number of hydrogen-bond donors (Lipinski definition) is 0. The molecule has 122 valence electrons. The zero-order chi connectivity index (χ0) is 16.4. The maximum atomic E-state index is 10.3. The van der Waals surface area contributed by atoms with E-state index in [-0.39, 0.29) is 5.92 Å². The molecule has 0 spiro atoms. The highest BCUT2D eigenvalue weighted by molar-refractivity contribution is 5.67. The minimum atomic E-state index is -0.893. The van der Waals surface area contributed by atoms with Gasteiger partial charge in [-0.1, -0.05) is 26.7 Å². The van der Waals surface area contributed by atoms with Gasteiger partial charge in [0.25, 0.3) is 0 Å². The van der Waals surface area contributed by atoms with Gasteiger partial charge in [0, 0.05) is 5.97 Å². The number of carbonyl (C=O) groups is 1. The number of carbonyl (C=O) groups excluding carboxylic acids is 1. The monoisotopic (exact) mass is 296 g/mol. The van der Waals surface area contributed by atoms with E-state index < -0.39 is 5.97 Å². The molecule has 1 rings (SSSR count).